The van der Waals surface area contributed by atoms with Gasteiger partial charge >= 0.3 is 11.4 Å². The van der Waals surface area contributed by atoms with Crippen LogP contribution in [0.5, 0.6) is 0 Å². The smallest absolute Gasteiger partial charge is 0.347 e. The van der Waals surface area contributed by atoms with Crippen LogP contribution in [0.3, 0.4) is 0 Å². The first kappa shape index (κ1) is 22.2. The highest BCUT2D eigenvalue weighted by Gasteiger charge is 2.77. The summed E-state index contributed by atoms with van der Waals surface area (Å²) >= 11 is 1.95. The van der Waals surface area contributed by atoms with Gasteiger partial charge < -0.3 is 13.5 Å². The molecule has 2 aliphatic heterocycles. The number of nitrogens with zero attached hydrogens (tertiary/aromatic N) is 3. The average molecular weight is 521 g/mol. The van der Waals surface area contributed by atoms with E-state index in [-0.39, 0.29) is 53.4 Å². The first-order chi connectivity index (χ1) is 17.7. The molecule has 35 heavy (non-hydrogen) atoms. The number of aliphatic hydroxyl groups excluding tert-OH is 1. The molecule has 0 aromatic carbocycles. The van der Waals surface area contributed by atoms with E-state index in [0.29, 0.717) is 12.8 Å². The van der Waals surface area contributed by atoms with Gasteiger partial charge in [0.05, 0.1) is 23.3 Å². The van der Waals surface area contributed by atoms with E-state index >= 15 is 0 Å². The first-order valence-electron chi connectivity index (χ1n) is 13.6. The molecule has 4 aliphatic carbocycles. The Kier molecular flexibility index (Phi) is 4.98. The SMILES string of the molecule is [3H][B]SO[C@H]1C[C@H](OS[B][3H])[C@]2(C)C3CC[C@@]4(C)C(CC[C@@H]4CO)[C@@]34C=C[C@]2(C1)n1c(=O)n(C)c(=O)n14. The Morgan fingerprint density at radius 2 is 1.86 bits per heavy atom. The molecule has 3 fully saturated rings. The molecular weight excluding hydrogens is 484 g/mol. The average Bonchev–Trinajstić information content (AvgIpc) is 3.36. The van der Waals surface area contributed by atoms with Gasteiger partial charge in [-0.2, -0.15) is 0 Å². The third-order valence-electron chi connectivity index (χ3n) is 11.1. The molecule has 9 atom stereocenters. The Bertz CT molecular complexity index is 1250. The van der Waals surface area contributed by atoms with Crippen LogP contribution < -0.4 is 11.4 Å². The predicted molar refractivity (Wildman–Crippen MR) is 140 cm³/mol. The van der Waals surface area contributed by atoms with Gasteiger partial charge in [-0.3, -0.25) is 0 Å². The Labute approximate surface area is 218 Å². The minimum Gasteiger partial charge on any atom is -0.396 e. The van der Waals surface area contributed by atoms with E-state index in [9.17, 15) is 14.7 Å². The zero-order valence-corrected chi connectivity index (χ0v) is 22.0. The van der Waals surface area contributed by atoms with Crippen molar-refractivity contribution in [2.75, 3.05) is 6.61 Å². The van der Waals surface area contributed by atoms with Crippen LogP contribution in [0.2, 0.25) is 0 Å². The van der Waals surface area contributed by atoms with Crippen LogP contribution in [0.1, 0.15) is 52.4 Å². The normalized spacial score (nSPS) is 47.8. The van der Waals surface area contributed by atoms with Crippen molar-refractivity contribution < 1.29 is 13.5 Å². The van der Waals surface area contributed by atoms with Crippen molar-refractivity contribution in [3.8, 4) is 0 Å². The van der Waals surface area contributed by atoms with E-state index in [4.69, 9.17) is 11.0 Å². The Hall–Kier alpha value is -0.810. The molecule has 6 aliphatic rings. The number of aliphatic hydroxyl groups is 1. The van der Waals surface area contributed by atoms with Crippen LogP contribution in [0.15, 0.2) is 21.7 Å². The molecule has 188 valence electrons. The maximum Gasteiger partial charge on any atom is 0.347 e. The Balaban J connectivity index is 1.63. The molecule has 1 N–H and O–H groups in total. The fourth-order valence-corrected chi connectivity index (χ4v) is 10.2. The number of allylic oxidation sites excluding steroid dienone is 2. The summed E-state index contributed by atoms with van der Waals surface area (Å²) < 4.78 is 32.1. The number of aromatic nitrogens is 3. The molecular formula is C23H33B2N3O5S2. The third-order valence-corrected chi connectivity index (χ3v) is 11.8. The van der Waals surface area contributed by atoms with Crippen LogP contribution in [0.4, 0.5) is 0 Å². The van der Waals surface area contributed by atoms with Crippen molar-refractivity contribution in [1.82, 2.24) is 13.9 Å². The molecule has 7 rings (SSSR count). The van der Waals surface area contributed by atoms with Crippen LogP contribution in [-0.2, 0) is 26.5 Å². The number of hydrogen-bond donors (Lipinski definition) is 1. The molecule has 3 heterocycles. The van der Waals surface area contributed by atoms with Gasteiger partial charge in [0.2, 0.25) is 14.2 Å². The molecule has 0 amide bonds. The monoisotopic (exact) mass is 521 g/mol. The van der Waals surface area contributed by atoms with Crippen LogP contribution in [0.25, 0.3) is 0 Å². The lowest BCUT2D eigenvalue weighted by Crippen LogP contribution is -2.79. The van der Waals surface area contributed by atoms with Gasteiger partial charge in [0.15, 0.2) is 0 Å². The van der Waals surface area contributed by atoms with Gasteiger partial charge in [-0.05, 0) is 51.5 Å². The van der Waals surface area contributed by atoms with Crippen molar-refractivity contribution in [2.45, 2.75) is 75.7 Å². The molecule has 1 aromatic heterocycles. The number of fused-ring (bicyclic) bond motifs is 1. The van der Waals surface area contributed by atoms with Crippen molar-refractivity contribution in [3.05, 3.63) is 33.1 Å². The summed E-state index contributed by atoms with van der Waals surface area (Å²) in [5.74, 6) is 0.268. The molecule has 12 heteroatoms. The van der Waals surface area contributed by atoms with Gasteiger partial charge in [0.1, 0.15) is 0 Å². The molecule has 0 saturated heterocycles. The van der Waals surface area contributed by atoms with Crippen LogP contribution in [-0.4, -0.2) is 54.7 Å². The molecule has 2 bridgehead atoms. The zero-order chi connectivity index (χ0) is 26.4. The minimum atomic E-state index is -0.863. The Morgan fingerprint density at radius 3 is 2.60 bits per heavy atom. The molecule has 8 nitrogen and oxygen atoms in total. The van der Waals surface area contributed by atoms with Crippen molar-refractivity contribution in [2.24, 2.45) is 35.6 Å². The van der Waals surface area contributed by atoms with Gasteiger partial charge in [-0.25, -0.2) is 23.5 Å². The minimum absolute atomic E-state index is 0.0210. The molecule has 2 unspecified atom stereocenters. The van der Waals surface area contributed by atoms with Crippen LogP contribution >= 0.6 is 23.8 Å². The number of hydrogen-bond acceptors (Lipinski definition) is 7. The second-order valence-corrected chi connectivity index (χ2v) is 12.5. The van der Waals surface area contributed by atoms with E-state index < -0.39 is 16.5 Å². The summed E-state index contributed by atoms with van der Waals surface area (Å²) in [5, 5.41) is 10.3. The quantitative estimate of drug-likeness (QED) is 0.329. The molecule has 3 saturated carbocycles. The lowest BCUT2D eigenvalue weighted by molar-refractivity contribution is -0.228. The predicted octanol–water partition coefficient (Wildman–Crippen LogP) is 1.26. The van der Waals surface area contributed by atoms with Crippen molar-refractivity contribution in [1.29, 1.82) is 2.67 Å². The fourth-order valence-electron chi connectivity index (χ4n) is 9.48. The lowest BCUT2D eigenvalue weighted by atomic mass is 9.40. The van der Waals surface area contributed by atoms with E-state index in [1.165, 1.54) is 11.7 Å². The summed E-state index contributed by atoms with van der Waals surface area (Å²) in [7, 11) is 3.86. The maximum atomic E-state index is 13.9. The standard InChI is InChI=1S/C23H33B2N3O5S2/c1-20-7-6-16-21(2)17(33-35-25)10-14(32-34-24)11-22(21)8-9-23(16,15(20)5-4-13(20)12-29)28-19(31)26(3)18(30)27(22)28/h8-9,13-17,24-25,29H,4-7,10-12H2,1-3H3/t13-,14+,15?,16?,17+,20-,21+,22-,23+/m1/s1/i24T,25T. The second kappa shape index (κ2) is 7.85. The second-order valence-electron chi connectivity index (χ2n) is 11.7. The van der Waals surface area contributed by atoms with Crippen LogP contribution in [0, 0.1) is 28.6 Å². The van der Waals surface area contributed by atoms with Crippen molar-refractivity contribution in [3.63, 3.8) is 0 Å². The van der Waals surface area contributed by atoms with E-state index in [1.807, 2.05) is 0 Å². The Morgan fingerprint density at radius 1 is 1.11 bits per heavy atom. The third kappa shape index (κ3) is 2.61. The van der Waals surface area contributed by atoms with Gasteiger partial charge in [-0.1, -0.05) is 49.8 Å². The highest BCUT2D eigenvalue weighted by molar-refractivity contribution is 8.16. The largest absolute Gasteiger partial charge is 0.396 e. The van der Waals surface area contributed by atoms with Gasteiger partial charge in [-0.15, -0.1) is 0 Å². The topological polar surface area (TPSA) is 87.6 Å². The first-order valence-corrected chi connectivity index (χ1v) is 14.1. The molecule has 1 aromatic rings. The number of rotatable bonds is 7. The van der Waals surface area contributed by atoms with Gasteiger partial charge in [0.25, 0.3) is 0 Å². The van der Waals surface area contributed by atoms with E-state index in [1.54, 1.807) is 16.4 Å². The lowest BCUT2D eigenvalue weighted by Gasteiger charge is -2.72. The highest BCUT2D eigenvalue weighted by Crippen LogP contribution is 2.73. The fraction of sp³-hybridized carbons (Fsp3) is 0.826. The zero-order valence-electron chi connectivity index (χ0n) is 22.4. The molecule has 2 spiro atoms. The summed E-state index contributed by atoms with van der Waals surface area (Å²) in [6.07, 6.45) is 8.30. The van der Waals surface area contributed by atoms with Crippen molar-refractivity contribution >= 4 is 38.0 Å². The highest BCUT2D eigenvalue weighted by atomic mass is 32.2. The summed E-state index contributed by atoms with van der Waals surface area (Å²) in [5.41, 5.74) is -2.93. The molecule has 2 radical (unpaired) electrons. The summed E-state index contributed by atoms with van der Waals surface area (Å²) in [6.45, 7) is 4.60. The van der Waals surface area contributed by atoms with Gasteiger partial charge in [0, 0.05) is 31.9 Å². The van der Waals surface area contributed by atoms with E-state index in [0.717, 1.165) is 56.6 Å². The maximum absolute atomic E-state index is 13.9. The summed E-state index contributed by atoms with van der Waals surface area (Å²) in [6, 6.07) is 0. The summed E-state index contributed by atoms with van der Waals surface area (Å²) in [4.78, 5) is 27.8. The van der Waals surface area contributed by atoms with E-state index in [2.05, 4.69) is 26.0 Å².